The van der Waals surface area contributed by atoms with E-state index in [0.29, 0.717) is 33.8 Å². The minimum absolute atomic E-state index is 0.229. The summed E-state index contributed by atoms with van der Waals surface area (Å²) in [4.78, 5) is 23.3. The number of anilines is 1. The molecule has 31 heavy (non-hydrogen) atoms. The van der Waals surface area contributed by atoms with Gasteiger partial charge in [-0.1, -0.05) is 18.2 Å². The van der Waals surface area contributed by atoms with Crippen LogP contribution >= 0.6 is 0 Å². The summed E-state index contributed by atoms with van der Waals surface area (Å²) in [6.45, 7) is 2.82. The molecular formula is C23H21F2N3O3. The van der Waals surface area contributed by atoms with Gasteiger partial charge < -0.3 is 9.84 Å². The number of pyridine rings is 2. The third-order valence-corrected chi connectivity index (χ3v) is 5.09. The minimum Gasteiger partial charge on any atom is -0.487 e. The first-order valence-electron chi connectivity index (χ1n) is 9.74. The predicted molar refractivity (Wildman–Crippen MR) is 111 cm³/mol. The lowest BCUT2D eigenvalue weighted by Gasteiger charge is -2.19. The fraction of sp³-hybridized carbons (Fsp3) is 0.261. The van der Waals surface area contributed by atoms with Gasteiger partial charge in [0.05, 0.1) is 17.8 Å². The van der Waals surface area contributed by atoms with Crippen molar-refractivity contribution in [1.29, 1.82) is 0 Å². The second-order valence-corrected chi connectivity index (χ2v) is 7.74. The highest BCUT2D eigenvalue weighted by Gasteiger charge is 2.33. The number of amides is 1. The monoisotopic (exact) mass is 425 g/mol. The molecule has 6 nitrogen and oxygen atoms in total. The number of fused-ring (bicyclic) bond motifs is 1. The van der Waals surface area contributed by atoms with Crippen molar-refractivity contribution >= 4 is 11.7 Å². The number of carbonyl (C=O) groups is 1. The van der Waals surface area contributed by atoms with E-state index in [4.69, 9.17) is 4.74 Å². The van der Waals surface area contributed by atoms with Gasteiger partial charge in [0.2, 0.25) is 0 Å². The number of alkyl halides is 2. The van der Waals surface area contributed by atoms with Crippen molar-refractivity contribution in [2.75, 3.05) is 11.5 Å². The Kier molecular flexibility index (Phi) is 5.41. The second-order valence-electron chi connectivity index (χ2n) is 7.74. The maximum absolute atomic E-state index is 13.0. The third-order valence-electron chi connectivity index (χ3n) is 5.09. The zero-order valence-electron chi connectivity index (χ0n) is 17.0. The van der Waals surface area contributed by atoms with Crippen molar-refractivity contribution in [2.24, 2.45) is 0 Å². The van der Waals surface area contributed by atoms with E-state index in [1.54, 1.807) is 56.3 Å². The largest absolute Gasteiger partial charge is 0.487 e. The molecule has 3 aromatic rings. The van der Waals surface area contributed by atoms with Crippen molar-refractivity contribution in [2.45, 2.75) is 32.4 Å². The molecule has 4 rings (SSSR count). The van der Waals surface area contributed by atoms with E-state index in [0.717, 1.165) is 0 Å². The van der Waals surface area contributed by atoms with E-state index in [-0.39, 0.29) is 18.2 Å². The molecule has 1 amide bonds. The predicted octanol–water partition coefficient (Wildman–Crippen LogP) is 4.18. The molecule has 0 saturated heterocycles. The van der Waals surface area contributed by atoms with E-state index in [1.165, 1.54) is 17.3 Å². The van der Waals surface area contributed by atoms with Crippen LogP contribution in [0.5, 0.6) is 5.75 Å². The van der Waals surface area contributed by atoms with Gasteiger partial charge in [0, 0.05) is 34.6 Å². The zero-order valence-corrected chi connectivity index (χ0v) is 17.0. The van der Waals surface area contributed by atoms with Crippen LogP contribution in [-0.2, 0) is 12.1 Å². The molecule has 3 heterocycles. The van der Waals surface area contributed by atoms with Crippen molar-refractivity contribution in [3.05, 3.63) is 71.5 Å². The van der Waals surface area contributed by atoms with Crippen LogP contribution in [0.25, 0.3) is 11.3 Å². The third kappa shape index (κ3) is 4.11. The van der Waals surface area contributed by atoms with Crippen LogP contribution in [0.3, 0.4) is 0 Å². The first-order valence-corrected chi connectivity index (χ1v) is 9.74. The Balaban J connectivity index is 1.69. The number of hydrogen-bond acceptors (Lipinski definition) is 5. The molecule has 1 aliphatic heterocycles. The molecule has 0 atom stereocenters. The Bertz CT molecular complexity index is 1110. The lowest BCUT2D eigenvalue weighted by molar-refractivity contribution is 0.0782. The lowest BCUT2D eigenvalue weighted by Crippen LogP contribution is -2.24. The molecule has 2 aromatic heterocycles. The Hall–Kier alpha value is -3.39. The highest BCUT2D eigenvalue weighted by molar-refractivity contribution is 6.10. The van der Waals surface area contributed by atoms with Crippen LogP contribution in [0.2, 0.25) is 0 Å². The topological polar surface area (TPSA) is 75.6 Å². The molecule has 0 fully saturated rings. The first-order chi connectivity index (χ1) is 14.8. The van der Waals surface area contributed by atoms with Gasteiger partial charge in [-0.25, -0.2) is 13.8 Å². The van der Waals surface area contributed by atoms with Gasteiger partial charge >= 0.3 is 0 Å². The quantitative estimate of drug-likeness (QED) is 0.641. The number of nitrogens with zero attached hydrogens (tertiary/aromatic N) is 3. The molecule has 0 radical (unpaired) electrons. The fourth-order valence-electron chi connectivity index (χ4n) is 3.49. The number of ether oxygens (including phenoxy) is 1. The number of aromatic nitrogens is 2. The van der Waals surface area contributed by atoms with E-state index in [2.05, 4.69) is 9.97 Å². The fourth-order valence-corrected chi connectivity index (χ4v) is 3.49. The summed E-state index contributed by atoms with van der Waals surface area (Å²) in [5, 5.41) is 10.1. The number of carbonyl (C=O) groups excluding carboxylic acids is 1. The smallest absolute Gasteiger partial charge is 0.272 e. The van der Waals surface area contributed by atoms with Gasteiger partial charge in [0.25, 0.3) is 12.3 Å². The molecule has 0 spiro atoms. The molecule has 0 bridgehead atoms. The average molecular weight is 425 g/mol. The van der Waals surface area contributed by atoms with Gasteiger partial charge in [-0.3, -0.25) is 14.7 Å². The van der Waals surface area contributed by atoms with Crippen LogP contribution < -0.4 is 9.64 Å². The van der Waals surface area contributed by atoms with Crippen molar-refractivity contribution < 1.29 is 23.4 Å². The molecular weight excluding hydrogens is 404 g/mol. The van der Waals surface area contributed by atoms with Crippen LogP contribution in [0.1, 0.15) is 35.3 Å². The van der Waals surface area contributed by atoms with Crippen LogP contribution in [0.4, 0.5) is 14.6 Å². The van der Waals surface area contributed by atoms with E-state index >= 15 is 0 Å². The Morgan fingerprint density at radius 1 is 1.13 bits per heavy atom. The van der Waals surface area contributed by atoms with Crippen molar-refractivity contribution in [1.82, 2.24) is 9.97 Å². The minimum atomic E-state index is -2.60. The number of rotatable bonds is 6. The molecule has 0 unspecified atom stereocenters. The number of halogens is 2. The standard InChI is InChI=1S/C23H21F2N3O3/c1-23(2,30)14-7-8-20(27-11-14)28-12-17-15(22(28)29)9-10-26-21(17)16-5-3-4-6-18(16)31-13-19(24)25/h3-11,19,30H,12-13H2,1-2H3. The summed E-state index contributed by atoms with van der Waals surface area (Å²) in [6.07, 6.45) is 0.459. The van der Waals surface area contributed by atoms with Crippen LogP contribution in [0, 0.1) is 0 Å². The summed E-state index contributed by atoms with van der Waals surface area (Å²) in [5.41, 5.74) is 1.79. The maximum atomic E-state index is 13.0. The number of hydrogen-bond donors (Lipinski definition) is 1. The van der Waals surface area contributed by atoms with Crippen molar-refractivity contribution in [3.8, 4) is 17.0 Å². The SMILES string of the molecule is CC(C)(O)c1ccc(N2Cc3c(ccnc3-c3ccccc3OCC(F)F)C2=O)nc1. The zero-order chi connectivity index (χ0) is 22.2. The molecule has 160 valence electrons. The average Bonchev–Trinajstić information content (AvgIpc) is 3.09. The number of benzene rings is 1. The Morgan fingerprint density at radius 3 is 2.58 bits per heavy atom. The van der Waals surface area contributed by atoms with E-state index in [1.807, 2.05) is 0 Å². The molecule has 1 aromatic carbocycles. The maximum Gasteiger partial charge on any atom is 0.272 e. The normalized spacial score (nSPS) is 13.6. The van der Waals surface area contributed by atoms with Gasteiger partial charge in [0.1, 0.15) is 18.2 Å². The summed E-state index contributed by atoms with van der Waals surface area (Å²) >= 11 is 0. The molecule has 8 heteroatoms. The summed E-state index contributed by atoms with van der Waals surface area (Å²) in [6, 6.07) is 11.8. The van der Waals surface area contributed by atoms with Gasteiger partial charge in [-0.15, -0.1) is 0 Å². The molecule has 1 N–H and O–H groups in total. The van der Waals surface area contributed by atoms with Gasteiger partial charge in [0.15, 0.2) is 0 Å². The first kappa shape index (κ1) is 20.9. The summed E-state index contributed by atoms with van der Waals surface area (Å²) < 4.78 is 30.6. The summed E-state index contributed by atoms with van der Waals surface area (Å²) in [5.74, 6) is 0.498. The number of para-hydroxylation sites is 1. The van der Waals surface area contributed by atoms with Crippen LogP contribution in [-0.4, -0.2) is 34.0 Å². The Labute approximate surface area is 178 Å². The lowest BCUT2D eigenvalue weighted by atomic mass is 10.0. The van der Waals surface area contributed by atoms with Gasteiger partial charge in [-0.05, 0) is 38.1 Å². The van der Waals surface area contributed by atoms with E-state index < -0.39 is 18.6 Å². The Morgan fingerprint density at radius 2 is 1.90 bits per heavy atom. The second kappa shape index (κ2) is 8.03. The van der Waals surface area contributed by atoms with Crippen molar-refractivity contribution in [3.63, 3.8) is 0 Å². The highest BCUT2D eigenvalue weighted by Crippen LogP contribution is 2.37. The number of aliphatic hydroxyl groups is 1. The van der Waals surface area contributed by atoms with E-state index in [9.17, 15) is 18.7 Å². The van der Waals surface area contributed by atoms with Crippen LogP contribution in [0.15, 0.2) is 54.9 Å². The molecule has 0 aliphatic carbocycles. The van der Waals surface area contributed by atoms with Gasteiger partial charge in [-0.2, -0.15) is 0 Å². The molecule has 1 aliphatic rings. The highest BCUT2D eigenvalue weighted by atomic mass is 19.3. The molecule has 0 saturated carbocycles. The summed E-state index contributed by atoms with van der Waals surface area (Å²) in [7, 11) is 0.